The molecule has 2 aliphatic rings. The number of fused-ring (bicyclic) bond motifs is 2. The Bertz CT molecular complexity index is 1310. The Balaban J connectivity index is 1.51. The van der Waals surface area contributed by atoms with Crippen molar-refractivity contribution in [2.45, 2.75) is 13.1 Å². The molecule has 8 nitrogen and oxygen atoms in total. The Kier molecular flexibility index (Phi) is 3.79. The number of nitrogens with zero attached hydrogens (tertiary/aromatic N) is 2. The second kappa shape index (κ2) is 6.66. The van der Waals surface area contributed by atoms with E-state index in [1.165, 1.54) is 0 Å². The first-order chi connectivity index (χ1) is 15.2. The lowest BCUT2D eigenvalue weighted by Gasteiger charge is -2.37. The number of aromatic amines is 1. The van der Waals surface area contributed by atoms with Gasteiger partial charge in [0.05, 0.1) is 17.4 Å². The Hall–Kier alpha value is -4.20. The number of aromatic nitrogens is 2. The van der Waals surface area contributed by atoms with Crippen molar-refractivity contribution in [1.82, 2.24) is 10.2 Å². The van der Waals surface area contributed by atoms with Gasteiger partial charge in [0.1, 0.15) is 17.6 Å². The fraction of sp³-hybridized carbons (Fsp3) is 0.130. The van der Waals surface area contributed by atoms with Gasteiger partial charge in [0.15, 0.2) is 17.3 Å². The minimum absolute atomic E-state index is 0.124. The first-order valence-corrected chi connectivity index (χ1v) is 9.88. The maximum absolute atomic E-state index is 13.6. The zero-order chi connectivity index (χ0) is 20.9. The van der Waals surface area contributed by atoms with Crippen molar-refractivity contribution in [2.75, 3.05) is 17.0 Å². The smallest absolute Gasteiger partial charge is 0.262 e. The molecule has 0 radical (unpaired) electrons. The van der Waals surface area contributed by atoms with Gasteiger partial charge in [-0.1, -0.05) is 12.1 Å². The number of ether oxygens (including phenoxy) is 2. The van der Waals surface area contributed by atoms with Crippen molar-refractivity contribution in [3.05, 3.63) is 77.7 Å². The van der Waals surface area contributed by atoms with Crippen molar-refractivity contribution >= 4 is 17.3 Å². The summed E-state index contributed by atoms with van der Waals surface area (Å²) < 4.78 is 16.8. The number of para-hydroxylation sites is 1. The normalized spacial score (nSPS) is 16.9. The number of rotatable bonds is 3. The minimum Gasteiger partial charge on any atom is -0.460 e. The molecule has 0 bridgehead atoms. The Morgan fingerprint density at radius 3 is 2.81 bits per heavy atom. The van der Waals surface area contributed by atoms with E-state index in [1.54, 1.807) is 11.1 Å². The van der Waals surface area contributed by atoms with Crippen molar-refractivity contribution in [3.63, 3.8) is 0 Å². The number of hydrogen-bond acceptors (Lipinski definition) is 6. The van der Waals surface area contributed by atoms with Crippen LogP contribution in [0.1, 0.15) is 27.8 Å². The fourth-order valence-electron chi connectivity index (χ4n) is 4.04. The first-order valence-electron chi connectivity index (χ1n) is 9.88. The molecule has 0 fully saturated rings. The summed E-state index contributed by atoms with van der Waals surface area (Å²) in [5, 5.41) is 10.8. The number of amides is 1. The van der Waals surface area contributed by atoms with E-state index in [2.05, 4.69) is 15.5 Å². The van der Waals surface area contributed by atoms with Crippen LogP contribution in [0.25, 0.3) is 11.5 Å². The highest BCUT2D eigenvalue weighted by molar-refractivity contribution is 6.12. The van der Waals surface area contributed by atoms with Gasteiger partial charge in [0.25, 0.3) is 5.91 Å². The second-order valence-electron chi connectivity index (χ2n) is 7.42. The van der Waals surface area contributed by atoms with E-state index in [-0.39, 0.29) is 12.7 Å². The maximum atomic E-state index is 13.6. The van der Waals surface area contributed by atoms with E-state index in [0.29, 0.717) is 34.2 Å². The molecule has 0 unspecified atom stereocenters. The summed E-state index contributed by atoms with van der Waals surface area (Å²) in [4.78, 5) is 15.3. The molecule has 4 aromatic rings. The summed E-state index contributed by atoms with van der Waals surface area (Å²) in [6.45, 7) is 2.05. The fourth-order valence-corrected chi connectivity index (χ4v) is 4.04. The molecule has 2 aliphatic heterocycles. The zero-order valence-electron chi connectivity index (χ0n) is 16.6. The molecular formula is C23H18N4O4. The number of furan rings is 1. The SMILES string of the molecule is Cc1ccc(-c2[nH]ncc2[C@@H]2Nc3ccccc3C(=O)N2c2ccc3c(c2)OCO3)o1. The van der Waals surface area contributed by atoms with Crippen LogP contribution in [-0.4, -0.2) is 22.9 Å². The highest BCUT2D eigenvalue weighted by atomic mass is 16.7. The van der Waals surface area contributed by atoms with Crippen LogP contribution in [0.15, 0.2) is 65.2 Å². The summed E-state index contributed by atoms with van der Waals surface area (Å²) in [6, 6.07) is 16.7. The van der Waals surface area contributed by atoms with Gasteiger partial charge in [-0.25, -0.2) is 0 Å². The zero-order valence-corrected chi connectivity index (χ0v) is 16.6. The van der Waals surface area contributed by atoms with Crippen molar-refractivity contribution in [3.8, 4) is 23.0 Å². The molecule has 0 saturated carbocycles. The minimum atomic E-state index is -0.512. The van der Waals surface area contributed by atoms with Crippen molar-refractivity contribution in [1.29, 1.82) is 0 Å². The maximum Gasteiger partial charge on any atom is 0.262 e. The molecule has 8 heteroatoms. The Morgan fingerprint density at radius 2 is 1.94 bits per heavy atom. The third-order valence-corrected chi connectivity index (χ3v) is 5.51. The predicted molar refractivity (Wildman–Crippen MR) is 113 cm³/mol. The lowest BCUT2D eigenvalue weighted by molar-refractivity contribution is 0.0975. The standard InChI is InChI=1S/C23H18N4O4/c1-13-6-8-19(31-13)21-16(11-24-26-21)22-25-17-5-3-2-4-15(17)23(28)27(22)14-7-9-18-20(10-14)30-12-29-18/h2-11,22,25H,12H2,1H3,(H,24,26)/t22-/m1/s1. The van der Waals surface area contributed by atoms with Crippen LogP contribution in [0, 0.1) is 6.92 Å². The number of H-pyrrole nitrogens is 1. The summed E-state index contributed by atoms with van der Waals surface area (Å²) in [7, 11) is 0. The summed E-state index contributed by atoms with van der Waals surface area (Å²) in [6.07, 6.45) is 1.20. The van der Waals surface area contributed by atoms with Crippen LogP contribution in [0.5, 0.6) is 11.5 Å². The van der Waals surface area contributed by atoms with Gasteiger partial charge in [0.2, 0.25) is 6.79 Å². The molecule has 4 heterocycles. The molecule has 1 atom stereocenters. The number of nitrogens with one attached hydrogen (secondary N) is 2. The number of carbonyl (C=O) groups is 1. The van der Waals surface area contributed by atoms with Gasteiger partial charge in [-0.3, -0.25) is 14.8 Å². The first kappa shape index (κ1) is 17.6. The number of benzene rings is 2. The third-order valence-electron chi connectivity index (χ3n) is 5.51. The lowest BCUT2D eigenvalue weighted by atomic mass is 10.0. The van der Waals surface area contributed by atoms with E-state index in [1.807, 2.05) is 61.5 Å². The molecule has 0 spiro atoms. The summed E-state index contributed by atoms with van der Waals surface area (Å²) in [5.74, 6) is 2.59. The van der Waals surface area contributed by atoms with E-state index in [4.69, 9.17) is 13.9 Å². The van der Waals surface area contributed by atoms with Crippen LogP contribution in [0.2, 0.25) is 0 Å². The lowest BCUT2D eigenvalue weighted by Crippen LogP contribution is -2.43. The van der Waals surface area contributed by atoms with Crippen LogP contribution in [0.4, 0.5) is 11.4 Å². The highest BCUT2D eigenvalue weighted by Crippen LogP contribution is 2.42. The van der Waals surface area contributed by atoms with E-state index < -0.39 is 6.17 Å². The van der Waals surface area contributed by atoms with E-state index in [9.17, 15) is 4.79 Å². The molecule has 2 N–H and O–H groups in total. The third kappa shape index (κ3) is 2.76. The Labute approximate surface area is 177 Å². The van der Waals surface area contributed by atoms with Gasteiger partial charge in [0, 0.05) is 17.3 Å². The monoisotopic (exact) mass is 414 g/mol. The largest absolute Gasteiger partial charge is 0.460 e. The highest BCUT2D eigenvalue weighted by Gasteiger charge is 2.37. The number of hydrogen-bond donors (Lipinski definition) is 2. The Morgan fingerprint density at radius 1 is 1.06 bits per heavy atom. The van der Waals surface area contributed by atoms with Crippen LogP contribution >= 0.6 is 0 Å². The number of carbonyl (C=O) groups excluding carboxylic acids is 1. The molecule has 154 valence electrons. The summed E-state index contributed by atoms with van der Waals surface area (Å²) >= 11 is 0. The molecular weight excluding hydrogens is 396 g/mol. The van der Waals surface area contributed by atoms with Gasteiger partial charge in [-0.15, -0.1) is 0 Å². The summed E-state index contributed by atoms with van der Waals surface area (Å²) in [5.41, 5.74) is 3.54. The van der Waals surface area contributed by atoms with Crippen LogP contribution in [0.3, 0.4) is 0 Å². The van der Waals surface area contributed by atoms with Gasteiger partial charge in [-0.05, 0) is 43.3 Å². The van der Waals surface area contributed by atoms with Crippen molar-refractivity contribution in [2.24, 2.45) is 0 Å². The molecule has 31 heavy (non-hydrogen) atoms. The molecule has 0 saturated heterocycles. The average molecular weight is 414 g/mol. The van der Waals surface area contributed by atoms with Gasteiger partial charge < -0.3 is 19.2 Å². The molecule has 1 amide bonds. The number of aryl methyl sites for hydroxylation is 1. The van der Waals surface area contributed by atoms with Gasteiger partial charge >= 0.3 is 0 Å². The van der Waals surface area contributed by atoms with Crippen LogP contribution < -0.4 is 19.7 Å². The predicted octanol–water partition coefficient (Wildman–Crippen LogP) is 4.48. The number of anilines is 2. The van der Waals surface area contributed by atoms with E-state index >= 15 is 0 Å². The average Bonchev–Trinajstić information content (AvgIpc) is 3.53. The van der Waals surface area contributed by atoms with Crippen molar-refractivity contribution < 1.29 is 18.7 Å². The quantitative estimate of drug-likeness (QED) is 0.514. The topological polar surface area (TPSA) is 92.6 Å². The van der Waals surface area contributed by atoms with Crippen LogP contribution in [-0.2, 0) is 0 Å². The molecule has 0 aliphatic carbocycles. The van der Waals surface area contributed by atoms with E-state index in [0.717, 1.165) is 17.0 Å². The molecule has 6 rings (SSSR count). The molecule has 2 aromatic carbocycles. The molecule has 2 aromatic heterocycles. The van der Waals surface area contributed by atoms with Gasteiger partial charge in [-0.2, -0.15) is 5.10 Å². The second-order valence-corrected chi connectivity index (χ2v) is 7.42.